The summed E-state index contributed by atoms with van der Waals surface area (Å²) < 4.78 is 40.1. The van der Waals surface area contributed by atoms with E-state index in [2.05, 4.69) is 15.3 Å². The second kappa shape index (κ2) is 6.18. The van der Waals surface area contributed by atoms with Gasteiger partial charge in [0.25, 0.3) is 5.56 Å². The van der Waals surface area contributed by atoms with Crippen LogP contribution in [0.3, 0.4) is 0 Å². The largest absolute Gasteiger partial charge is 0.406 e. The number of likely N-dealkylation sites (tertiary alicyclic amines) is 1. The molecule has 1 fully saturated rings. The third-order valence-electron chi connectivity index (χ3n) is 4.36. The van der Waals surface area contributed by atoms with Gasteiger partial charge in [0.05, 0.1) is 5.69 Å². The second-order valence-corrected chi connectivity index (χ2v) is 6.15. The predicted molar refractivity (Wildman–Crippen MR) is 87.2 cm³/mol. The van der Waals surface area contributed by atoms with Gasteiger partial charge in [-0.3, -0.25) is 14.2 Å². The fourth-order valence-corrected chi connectivity index (χ4v) is 3.14. The van der Waals surface area contributed by atoms with Crippen LogP contribution in [0.5, 0.6) is 0 Å². The number of alkyl halides is 3. The fourth-order valence-electron chi connectivity index (χ4n) is 3.14. The Balaban J connectivity index is 1.70. The van der Waals surface area contributed by atoms with Crippen LogP contribution in [0.4, 0.5) is 13.2 Å². The molecule has 1 aromatic carbocycles. The number of fused-ring (bicyclic) bond motifs is 1. The van der Waals surface area contributed by atoms with Crippen LogP contribution in [-0.2, 0) is 4.79 Å². The summed E-state index contributed by atoms with van der Waals surface area (Å²) >= 11 is 0. The topological polar surface area (TPSA) is 85.9 Å². The lowest BCUT2D eigenvalue weighted by Crippen LogP contribution is -2.38. The standard InChI is InChI=1S/C16H13F3N6O2/c17-16(18,19)8-23-7-6-11(14(23)26)24-9-20-13-12(15(24)27)21-22-25(13)10-4-2-1-3-5-10/h1-5,9,11H,6-8H2. The van der Waals surface area contributed by atoms with E-state index in [1.807, 2.05) is 6.07 Å². The van der Waals surface area contributed by atoms with Gasteiger partial charge in [0.2, 0.25) is 5.91 Å². The van der Waals surface area contributed by atoms with Crippen molar-refractivity contribution in [1.29, 1.82) is 0 Å². The molecule has 1 aliphatic rings. The molecule has 2 aromatic heterocycles. The number of aromatic nitrogens is 5. The number of halogens is 3. The molecule has 0 bridgehead atoms. The van der Waals surface area contributed by atoms with Gasteiger partial charge in [-0.25, -0.2) is 4.98 Å². The van der Waals surface area contributed by atoms with Crippen LogP contribution in [0.2, 0.25) is 0 Å². The van der Waals surface area contributed by atoms with Crippen molar-refractivity contribution in [2.75, 3.05) is 13.1 Å². The SMILES string of the molecule is O=C1C(n2cnc3c(nnn3-c3ccccc3)c2=O)CCN1CC(F)(F)F. The minimum absolute atomic E-state index is 0.0524. The van der Waals surface area contributed by atoms with Crippen molar-refractivity contribution < 1.29 is 18.0 Å². The third-order valence-corrected chi connectivity index (χ3v) is 4.36. The molecule has 1 aliphatic heterocycles. The molecule has 0 radical (unpaired) electrons. The quantitative estimate of drug-likeness (QED) is 0.686. The number of carbonyl (C=O) groups is 1. The van der Waals surface area contributed by atoms with Crippen LogP contribution in [0.25, 0.3) is 16.9 Å². The van der Waals surface area contributed by atoms with Gasteiger partial charge in [-0.05, 0) is 18.6 Å². The van der Waals surface area contributed by atoms with E-state index in [0.29, 0.717) is 10.6 Å². The van der Waals surface area contributed by atoms with Gasteiger partial charge in [0, 0.05) is 6.54 Å². The van der Waals surface area contributed by atoms with E-state index in [4.69, 9.17) is 0 Å². The molecule has 140 valence electrons. The molecule has 0 N–H and O–H groups in total. The number of benzene rings is 1. The summed E-state index contributed by atoms with van der Waals surface area (Å²) in [7, 11) is 0. The maximum absolute atomic E-state index is 12.7. The fraction of sp³-hybridized carbons (Fsp3) is 0.312. The molecule has 3 aromatic rings. The molecule has 3 heterocycles. The number of amides is 1. The maximum Gasteiger partial charge on any atom is 0.406 e. The first-order chi connectivity index (χ1) is 12.8. The highest BCUT2D eigenvalue weighted by Crippen LogP contribution is 2.26. The highest BCUT2D eigenvalue weighted by molar-refractivity contribution is 5.83. The predicted octanol–water partition coefficient (Wildman–Crippen LogP) is 1.31. The Bertz CT molecular complexity index is 1060. The van der Waals surface area contributed by atoms with Crippen molar-refractivity contribution in [3.63, 3.8) is 0 Å². The van der Waals surface area contributed by atoms with Gasteiger partial charge in [0.15, 0.2) is 11.2 Å². The first-order valence-electron chi connectivity index (χ1n) is 8.09. The summed E-state index contributed by atoms with van der Waals surface area (Å²) in [6.45, 7) is -1.42. The van der Waals surface area contributed by atoms with Crippen molar-refractivity contribution >= 4 is 17.1 Å². The Morgan fingerprint density at radius 1 is 1.15 bits per heavy atom. The minimum Gasteiger partial charge on any atom is -0.332 e. The first-order valence-corrected chi connectivity index (χ1v) is 8.09. The molecule has 27 heavy (non-hydrogen) atoms. The Labute approximate surface area is 149 Å². The molecule has 1 atom stereocenters. The Morgan fingerprint density at radius 2 is 1.89 bits per heavy atom. The van der Waals surface area contributed by atoms with Gasteiger partial charge in [0.1, 0.15) is 18.9 Å². The lowest BCUT2D eigenvalue weighted by molar-refractivity contribution is -0.158. The summed E-state index contributed by atoms with van der Waals surface area (Å²) in [4.78, 5) is 29.9. The van der Waals surface area contributed by atoms with Crippen molar-refractivity contribution in [2.45, 2.75) is 18.6 Å². The molecule has 0 spiro atoms. The summed E-state index contributed by atoms with van der Waals surface area (Å²) in [6.07, 6.45) is -3.24. The number of para-hydroxylation sites is 1. The molecule has 0 aliphatic carbocycles. The van der Waals surface area contributed by atoms with E-state index in [-0.39, 0.29) is 24.1 Å². The van der Waals surface area contributed by atoms with Crippen LogP contribution >= 0.6 is 0 Å². The number of rotatable bonds is 3. The average Bonchev–Trinajstić information content (AvgIpc) is 3.20. The van der Waals surface area contributed by atoms with Gasteiger partial charge < -0.3 is 4.90 Å². The van der Waals surface area contributed by atoms with E-state index in [1.165, 1.54) is 4.68 Å². The van der Waals surface area contributed by atoms with Crippen molar-refractivity contribution in [3.8, 4) is 5.69 Å². The summed E-state index contributed by atoms with van der Waals surface area (Å²) in [5.74, 6) is -0.758. The zero-order chi connectivity index (χ0) is 19.2. The summed E-state index contributed by atoms with van der Waals surface area (Å²) in [5, 5.41) is 7.77. The number of hydrogen-bond donors (Lipinski definition) is 0. The monoisotopic (exact) mass is 378 g/mol. The lowest BCUT2D eigenvalue weighted by Gasteiger charge is -2.18. The maximum atomic E-state index is 12.7. The Morgan fingerprint density at radius 3 is 2.59 bits per heavy atom. The van der Waals surface area contributed by atoms with Gasteiger partial charge in [-0.2, -0.15) is 17.9 Å². The normalized spacial score (nSPS) is 17.8. The second-order valence-electron chi connectivity index (χ2n) is 6.15. The van der Waals surface area contributed by atoms with E-state index in [0.717, 1.165) is 10.9 Å². The molecule has 11 heteroatoms. The zero-order valence-electron chi connectivity index (χ0n) is 13.8. The molecule has 8 nitrogen and oxygen atoms in total. The zero-order valence-corrected chi connectivity index (χ0v) is 13.8. The Kier molecular flexibility index (Phi) is 3.93. The van der Waals surface area contributed by atoms with Crippen molar-refractivity contribution in [2.24, 2.45) is 0 Å². The first kappa shape index (κ1) is 17.2. The lowest BCUT2D eigenvalue weighted by atomic mass is 10.2. The highest BCUT2D eigenvalue weighted by atomic mass is 19.4. The molecular weight excluding hydrogens is 365 g/mol. The van der Waals surface area contributed by atoms with Gasteiger partial charge in [-0.1, -0.05) is 23.4 Å². The van der Waals surface area contributed by atoms with E-state index in [1.54, 1.807) is 24.3 Å². The molecule has 0 saturated carbocycles. The minimum atomic E-state index is -4.49. The smallest absolute Gasteiger partial charge is 0.332 e. The number of nitrogens with zero attached hydrogens (tertiary/aromatic N) is 6. The van der Waals surface area contributed by atoms with Crippen LogP contribution in [0, 0.1) is 0 Å². The third kappa shape index (κ3) is 3.04. The van der Waals surface area contributed by atoms with E-state index in [9.17, 15) is 22.8 Å². The average molecular weight is 378 g/mol. The molecule has 1 unspecified atom stereocenters. The van der Waals surface area contributed by atoms with Crippen LogP contribution in [-0.4, -0.2) is 54.6 Å². The van der Waals surface area contributed by atoms with Gasteiger partial charge >= 0.3 is 6.18 Å². The van der Waals surface area contributed by atoms with Crippen LogP contribution in [0.1, 0.15) is 12.5 Å². The van der Waals surface area contributed by atoms with Crippen LogP contribution < -0.4 is 5.56 Å². The molecule has 1 saturated heterocycles. The Hall–Kier alpha value is -3.24. The summed E-state index contributed by atoms with van der Waals surface area (Å²) in [5.41, 5.74) is 0.191. The molecule has 4 rings (SSSR count). The van der Waals surface area contributed by atoms with Crippen molar-refractivity contribution in [1.82, 2.24) is 29.4 Å². The van der Waals surface area contributed by atoms with E-state index < -0.39 is 30.2 Å². The number of hydrogen-bond acceptors (Lipinski definition) is 5. The molecule has 1 amide bonds. The molecular formula is C16H13F3N6O2. The number of carbonyl (C=O) groups excluding carboxylic acids is 1. The van der Waals surface area contributed by atoms with Crippen molar-refractivity contribution in [3.05, 3.63) is 47.0 Å². The van der Waals surface area contributed by atoms with Gasteiger partial charge in [-0.15, -0.1) is 5.10 Å². The van der Waals surface area contributed by atoms with E-state index >= 15 is 0 Å². The highest BCUT2D eigenvalue weighted by Gasteiger charge is 2.40. The van der Waals surface area contributed by atoms with Crippen LogP contribution in [0.15, 0.2) is 41.5 Å². The summed E-state index contributed by atoms with van der Waals surface area (Å²) in [6, 6.07) is 7.89.